The summed E-state index contributed by atoms with van der Waals surface area (Å²) in [7, 11) is 0. The first kappa shape index (κ1) is 21.4. The first-order valence-corrected chi connectivity index (χ1v) is 12.9. The molecule has 4 aliphatic carbocycles. The third-order valence-corrected chi connectivity index (χ3v) is 10.3. The topological polar surface area (TPSA) is 50.4 Å². The van der Waals surface area contributed by atoms with Crippen molar-refractivity contribution in [2.45, 2.75) is 71.8 Å². The van der Waals surface area contributed by atoms with Crippen molar-refractivity contribution in [3.05, 3.63) is 57.9 Å². The van der Waals surface area contributed by atoms with E-state index in [9.17, 15) is 9.90 Å². The van der Waals surface area contributed by atoms with Gasteiger partial charge in [-0.2, -0.15) is 0 Å². The molecule has 1 aromatic carbocycles. The molecule has 0 bridgehead atoms. The highest BCUT2D eigenvalue weighted by Crippen LogP contribution is 2.64. The van der Waals surface area contributed by atoms with E-state index in [1.807, 2.05) is 24.3 Å². The molecule has 1 aromatic heterocycles. The molecule has 3 fully saturated rings. The molecule has 6 unspecified atom stereocenters. The second kappa shape index (κ2) is 7.43. The third kappa shape index (κ3) is 3.22. The number of hydrogen-bond donors (Lipinski definition) is 1. The Morgan fingerprint density at radius 3 is 2.55 bits per heavy atom. The van der Waals surface area contributed by atoms with Gasteiger partial charge in [0.05, 0.1) is 6.10 Å². The minimum Gasteiger partial charge on any atom is -0.457 e. The molecule has 33 heavy (non-hydrogen) atoms. The number of furan rings is 1. The van der Waals surface area contributed by atoms with Crippen LogP contribution in [0.2, 0.25) is 0 Å². The summed E-state index contributed by atoms with van der Waals surface area (Å²) in [6, 6.07) is 9.98. The molecule has 4 aliphatic rings. The van der Waals surface area contributed by atoms with Gasteiger partial charge in [0, 0.05) is 5.56 Å². The van der Waals surface area contributed by atoms with Crippen LogP contribution < -0.4 is 10.8 Å². The van der Waals surface area contributed by atoms with Gasteiger partial charge in [0.25, 0.3) is 0 Å². The highest BCUT2D eigenvalue weighted by atomic mass is 16.3. The number of rotatable bonds is 2. The maximum Gasteiger partial charge on any atom is 0.159 e. The number of fused-ring (bicyclic) bond motifs is 6. The van der Waals surface area contributed by atoms with Crippen molar-refractivity contribution < 1.29 is 14.3 Å². The van der Waals surface area contributed by atoms with Gasteiger partial charge in [0.2, 0.25) is 0 Å². The number of benzene rings is 1. The predicted octanol–water partition coefficient (Wildman–Crippen LogP) is 4.87. The van der Waals surface area contributed by atoms with E-state index in [1.165, 1.54) is 37.7 Å². The Kier molecular flexibility index (Phi) is 4.82. The molecule has 0 radical (unpaired) electrons. The largest absolute Gasteiger partial charge is 0.457 e. The number of ketones is 1. The highest BCUT2D eigenvalue weighted by Gasteiger charge is 2.59. The Balaban J connectivity index is 1.30. The van der Waals surface area contributed by atoms with Gasteiger partial charge >= 0.3 is 0 Å². The highest BCUT2D eigenvalue weighted by molar-refractivity contribution is 5.94. The van der Waals surface area contributed by atoms with Gasteiger partial charge in [-0.3, -0.25) is 4.79 Å². The summed E-state index contributed by atoms with van der Waals surface area (Å²) in [5.41, 5.74) is 5.55. The lowest BCUT2D eigenvalue weighted by Gasteiger charge is -2.59. The van der Waals surface area contributed by atoms with Gasteiger partial charge in [0.1, 0.15) is 10.8 Å². The zero-order valence-electron chi connectivity index (χ0n) is 20.1. The average molecular weight is 445 g/mol. The Hall–Kier alpha value is -2.13. The number of carbonyl (C=O) groups excluding carboxylic acids is 1. The summed E-state index contributed by atoms with van der Waals surface area (Å²) in [6.45, 7) is 6.51. The van der Waals surface area contributed by atoms with E-state index in [0.717, 1.165) is 46.6 Å². The van der Waals surface area contributed by atoms with E-state index in [1.54, 1.807) is 6.92 Å². The van der Waals surface area contributed by atoms with E-state index in [0.29, 0.717) is 11.8 Å². The predicted molar refractivity (Wildman–Crippen MR) is 130 cm³/mol. The van der Waals surface area contributed by atoms with Crippen molar-refractivity contribution >= 4 is 17.9 Å². The monoisotopic (exact) mass is 444 g/mol. The van der Waals surface area contributed by atoms with Crippen molar-refractivity contribution in [1.82, 2.24) is 0 Å². The normalized spacial score (nSPS) is 39.8. The summed E-state index contributed by atoms with van der Waals surface area (Å²) in [6.07, 6.45) is 12.7. The second-order valence-corrected chi connectivity index (χ2v) is 11.9. The van der Waals surface area contributed by atoms with E-state index < -0.39 is 0 Å². The van der Waals surface area contributed by atoms with Crippen molar-refractivity contribution in [2.24, 2.45) is 34.5 Å². The maximum absolute atomic E-state index is 11.6. The van der Waals surface area contributed by atoms with Gasteiger partial charge in [-0.05, 0) is 116 Å². The molecule has 1 N–H and O–H groups in total. The molecule has 0 aliphatic heterocycles. The molecular weight excluding hydrogens is 408 g/mol. The van der Waals surface area contributed by atoms with E-state index >= 15 is 0 Å². The van der Waals surface area contributed by atoms with Crippen molar-refractivity contribution in [1.29, 1.82) is 0 Å². The number of carbonyl (C=O) groups is 1. The van der Waals surface area contributed by atoms with Gasteiger partial charge in [-0.25, -0.2) is 0 Å². The van der Waals surface area contributed by atoms with Gasteiger partial charge in [-0.15, -0.1) is 0 Å². The van der Waals surface area contributed by atoms with Crippen LogP contribution in [0.4, 0.5) is 0 Å². The number of Topliss-reactive ketones (excluding diaryl/α,β-unsaturated/α-hetero) is 1. The standard InChI is InChI=1S/C30H36O3/c1-18(31)20-6-4-19(5-7-20)14-23-15-21-17-30(3)22(16-27(21)33-23)8-9-24-25-10-11-28(32)29(25,2)13-12-26(24)30/h4-7,14-16,22,24-26,28,32H,8-13,17H2,1-3H3/b23-14+/t22?,24?,25?,26?,28-,29?,30?/m0/s1. The van der Waals surface area contributed by atoms with Crippen molar-refractivity contribution in [3.63, 3.8) is 0 Å². The Labute approximate surface area is 196 Å². The first-order chi connectivity index (χ1) is 15.8. The van der Waals surface area contributed by atoms with Crippen LogP contribution in [0.5, 0.6) is 0 Å². The van der Waals surface area contributed by atoms with E-state index in [4.69, 9.17) is 4.42 Å². The molecule has 6 rings (SSSR count). The number of aliphatic hydroxyl groups is 1. The van der Waals surface area contributed by atoms with Crippen LogP contribution in [0.25, 0.3) is 12.2 Å². The summed E-state index contributed by atoms with van der Waals surface area (Å²) < 4.78 is 6.31. The van der Waals surface area contributed by atoms with Crippen LogP contribution in [0.3, 0.4) is 0 Å². The van der Waals surface area contributed by atoms with Crippen LogP contribution in [-0.2, 0) is 6.42 Å². The lowest BCUT2D eigenvalue weighted by atomic mass is 9.46. The van der Waals surface area contributed by atoms with Crippen LogP contribution in [0, 0.1) is 34.5 Å². The summed E-state index contributed by atoms with van der Waals surface area (Å²) in [4.78, 5) is 11.6. The number of hydrogen-bond acceptors (Lipinski definition) is 3. The molecule has 3 nitrogen and oxygen atoms in total. The molecule has 0 saturated heterocycles. The van der Waals surface area contributed by atoms with Gasteiger partial charge < -0.3 is 9.52 Å². The van der Waals surface area contributed by atoms with E-state index in [-0.39, 0.29) is 22.7 Å². The Morgan fingerprint density at radius 2 is 1.79 bits per heavy atom. The lowest BCUT2D eigenvalue weighted by molar-refractivity contribution is -0.0985. The van der Waals surface area contributed by atoms with Crippen molar-refractivity contribution in [3.8, 4) is 0 Å². The smallest absolute Gasteiger partial charge is 0.159 e. The quantitative estimate of drug-likeness (QED) is 0.673. The second-order valence-electron chi connectivity index (χ2n) is 11.9. The maximum atomic E-state index is 11.6. The molecule has 0 spiro atoms. The molecule has 174 valence electrons. The Bertz CT molecular complexity index is 1200. The summed E-state index contributed by atoms with van der Waals surface area (Å²) in [5, 5.41) is 10.7. The minimum atomic E-state index is -0.102. The number of aliphatic hydroxyl groups excluding tert-OH is 1. The zero-order chi connectivity index (χ0) is 23.0. The fourth-order valence-corrected chi connectivity index (χ4v) is 8.38. The van der Waals surface area contributed by atoms with Gasteiger partial charge in [0.15, 0.2) is 5.78 Å². The first-order valence-electron chi connectivity index (χ1n) is 12.9. The summed E-state index contributed by atoms with van der Waals surface area (Å²) in [5.74, 6) is 2.86. The average Bonchev–Trinajstić information content (AvgIpc) is 3.31. The molecule has 2 aromatic rings. The Morgan fingerprint density at radius 1 is 1.03 bits per heavy atom. The van der Waals surface area contributed by atoms with Crippen LogP contribution in [-0.4, -0.2) is 17.0 Å². The van der Waals surface area contributed by atoms with Crippen LogP contribution >= 0.6 is 0 Å². The molecule has 3 saturated carbocycles. The van der Waals surface area contributed by atoms with Crippen LogP contribution in [0.15, 0.2) is 34.7 Å². The lowest BCUT2D eigenvalue weighted by Crippen LogP contribution is -2.54. The fraction of sp³-hybridized carbons (Fsp3) is 0.567. The third-order valence-electron chi connectivity index (χ3n) is 10.3. The van der Waals surface area contributed by atoms with Crippen LogP contribution in [0.1, 0.15) is 80.8 Å². The molecule has 7 atom stereocenters. The SMILES string of the molecule is CC(=O)c1ccc(/C=c2\cc3c(o2)=CC2CCC4C(CCC5(C)C4CC[C@@H]5O)C2(C)C3)cc1. The molecule has 0 amide bonds. The molecule has 1 heterocycles. The van der Waals surface area contributed by atoms with Crippen molar-refractivity contribution in [2.75, 3.05) is 0 Å². The molecule has 3 heteroatoms. The van der Waals surface area contributed by atoms with E-state index in [2.05, 4.69) is 32.1 Å². The van der Waals surface area contributed by atoms with Gasteiger partial charge in [-0.1, -0.05) is 38.1 Å². The summed E-state index contributed by atoms with van der Waals surface area (Å²) >= 11 is 0. The minimum absolute atomic E-state index is 0.0916. The molecular formula is C30H36O3. The zero-order valence-corrected chi connectivity index (χ0v) is 20.1. The fourth-order valence-electron chi connectivity index (χ4n) is 8.38.